The minimum atomic E-state index is -0.508. The van der Waals surface area contributed by atoms with Gasteiger partial charge in [0, 0.05) is 51.1 Å². The van der Waals surface area contributed by atoms with Crippen molar-refractivity contribution in [3.63, 3.8) is 0 Å². The summed E-state index contributed by atoms with van der Waals surface area (Å²) in [4.78, 5) is 47.5. The number of nitrogens with two attached hydrogens (primary N) is 1. The summed E-state index contributed by atoms with van der Waals surface area (Å²) >= 11 is 0. The number of hydrogen-bond donors (Lipinski definition) is 2. The number of esters is 1. The van der Waals surface area contributed by atoms with Crippen LogP contribution in [0.2, 0.25) is 0 Å². The summed E-state index contributed by atoms with van der Waals surface area (Å²) in [6.07, 6.45) is 48.5. The van der Waals surface area contributed by atoms with Gasteiger partial charge in [-0.2, -0.15) is 0 Å². The highest BCUT2D eigenvalue weighted by Crippen LogP contribution is 2.18. The molecule has 9 heteroatoms. The molecule has 2 amide bonds. The van der Waals surface area contributed by atoms with E-state index in [1.807, 2.05) is 25.7 Å². The first-order valence-electron chi connectivity index (χ1n) is 28.0. The van der Waals surface area contributed by atoms with Crippen molar-refractivity contribution in [3.8, 4) is 0 Å². The number of carbonyl (C=O) groups is 3. The third-order valence-electron chi connectivity index (χ3n) is 12.9. The molecule has 0 aromatic carbocycles. The summed E-state index contributed by atoms with van der Waals surface area (Å²) in [5.41, 5.74) is 5.36. The van der Waals surface area contributed by atoms with E-state index in [2.05, 4.69) is 65.4 Å². The van der Waals surface area contributed by atoms with Crippen LogP contribution in [-0.4, -0.2) is 103 Å². The highest BCUT2D eigenvalue weighted by atomic mass is 16.5. The molecule has 1 rings (SSSR count). The summed E-state index contributed by atoms with van der Waals surface area (Å²) in [5, 5.41) is 3.22. The number of hydrogen-bond acceptors (Lipinski definition) is 7. The Balaban J connectivity index is 2.57. The smallest absolute Gasteiger partial charge is 0.305 e. The van der Waals surface area contributed by atoms with Crippen molar-refractivity contribution in [1.82, 2.24) is 20.0 Å². The Morgan fingerprint density at radius 3 is 1.58 bits per heavy atom. The Bertz CT molecular complexity index is 1240. The number of carbonyl (C=O) groups excluding carboxylic acids is 3. The zero-order valence-corrected chi connectivity index (χ0v) is 44.1. The first kappa shape index (κ1) is 61.5. The topological polar surface area (TPSA) is 108 Å². The number of ether oxygens (including phenoxy) is 1. The molecule has 1 fully saturated rings. The summed E-state index contributed by atoms with van der Waals surface area (Å²) in [6.45, 7) is 18.4. The monoisotopic (exact) mass is 926 g/mol. The predicted octanol–water partition coefficient (Wildman–Crippen LogP) is 13.4. The average Bonchev–Trinajstić information content (AvgIpc) is 3.29. The zero-order chi connectivity index (χ0) is 48.2. The molecule has 1 saturated heterocycles. The van der Waals surface area contributed by atoms with Crippen molar-refractivity contribution in [2.75, 3.05) is 59.0 Å². The summed E-state index contributed by atoms with van der Waals surface area (Å²) in [5.74, 6) is -0.0567. The van der Waals surface area contributed by atoms with Crippen LogP contribution in [0.25, 0.3) is 0 Å². The maximum Gasteiger partial charge on any atom is 0.305 e. The van der Waals surface area contributed by atoms with E-state index < -0.39 is 11.6 Å². The first-order chi connectivity index (χ1) is 32.1. The van der Waals surface area contributed by atoms with Crippen molar-refractivity contribution < 1.29 is 19.1 Å². The van der Waals surface area contributed by atoms with Gasteiger partial charge in [0.1, 0.15) is 6.04 Å². The van der Waals surface area contributed by atoms with Crippen LogP contribution in [-0.2, 0) is 19.1 Å². The minimum absolute atomic E-state index is 0.0594. The molecule has 1 atom stereocenters. The van der Waals surface area contributed by atoms with Crippen LogP contribution < -0.4 is 11.1 Å². The lowest BCUT2D eigenvalue weighted by atomic mass is 10.0. The highest BCUT2D eigenvalue weighted by Gasteiger charge is 2.31. The highest BCUT2D eigenvalue weighted by molar-refractivity contribution is 5.88. The Kier molecular flexibility index (Phi) is 40.8. The molecule has 0 bridgehead atoms. The van der Waals surface area contributed by atoms with Gasteiger partial charge in [0.05, 0.1) is 6.61 Å². The molecule has 1 heterocycles. The van der Waals surface area contributed by atoms with E-state index in [-0.39, 0.29) is 17.8 Å². The van der Waals surface area contributed by atoms with Crippen LogP contribution in [0.3, 0.4) is 0 Å². The predicted molar refractivity (Wildman–Crippen MR) is 283 cm³/mol. The van der Waals surface area contributed by atoms with E-state index >= 15 is 0 Å². The Hall–Kier alpha value is -2.49. The zero-order valence-electron chi connectivity index (χ0n) is 44.1. The second-order valence-corrected chi connectivity index (χ2v) is 20.4. The van der Waals surface area contributed by atoms with Crippen LogP contribution >= 0.6 is 0 Å². The second-order valence-electron chi connectivity index (χ2n) is 20.4. The van der Waals surface area contributed by atoms with Crippen molar-refractivity contribution in [3.05, 3.63) is 36.5 Å². The van der Waals surface area contributed by atoms with Gasteiger partial charge in [-0.25, -0.2) is 0 Å². The normalized spacial score (nSPS) is 14.5. The standard InChI is InChI=1S/C57H107N5O4/c1-6-8-10-12-14-16-18-20-22-24-26-28-30-32-36-42-54(63)62(47-40-46-61-50-48-60(49-51-61)45-39-44-58)53(56(65)59-57(3,4)5)41-35-34-38-52-66-55(64)43-37-33-31-29-27-25-23-21-19-17-15-13-11-9-7-2/h14,16,20-23,53H,6-13,15,17-19,24-52,58H2,1-5H3,(H,59,65)/b16-14-,22-20-,23-21-. The summed E-state index contributed by atoms with van der Waals surface area (Å²) in [7, 11) is 0. The maximum absolute atomic E-state index is 14.1. The van der Waals surface area contributed by atoms with Crippen molar-refractivity contribution in [1.29, 1.82) is 0 Å². The maximum atomic E-state index is 14.1. The van der Waals surface area contributed by atoms with E-state index in [9.17, 15) is 14.4 Å². The molecular weight excluding hydrogens is 819 g/mol. The third kappa shape index (κ3) is 37.5. The lowest BCUT2D eigenvalue weighted by molar-refractivity contribution is -0.144. The SMILES string of the molecule is CCCCC/C=C\C/C=C\CCCCCCCC(=O)N(CCCN1CCN(CCCN)CC1)C(CCCCCOC(=O)CCCCCCC/C=C\CCCCCCCC)C(=O)NC(C)(C)C. The number of nitrogens with one attached hydrogen (secondary N) is 1. The third-order valence-corrected chi connectivity index (χ3v) is 12.9. The van der Waals surface area contributed by atoms with Gasteiger partial charge in [0.25, 0.3) is 0 Å². The van der Waals surface area contributed by atoms with Crippen LogP contribution in [0.4, 0.5) is 0 Å². The van der Waals surface area contributed by atoms with Gasteiger partial charge in [0.15, 0.2) is 0 Å². The molecule has 66 heavy (non-hydrogen) atoms. The molecule has 3 N–H and O–H groups in total. The van der Waals surface area contributed by atoms with Gasteiger partial charge in [-0.05, 0) is 143 Å². The molecule has 9 nitrogen and oxygen atoms in total. The van der Waals surface area contributed by atoms with E-state index in [1.165, 1.54) is 109 Å². The summed E-state index contributed by atoms with van der Waals surface area (Å²) < 4.78 is 5.61. The summed E-state index contributed by atoms with van der Waals surface area (Å²) in [6, 6.07) is -0.508. The number of allylic oxidation sites excluding steroid dienone is 6. The minimum Gasteiger partial charge on any atom is -0.466 e. The van der Waals surface area contributed by atoms with E-state index in [4.69, 9.17) is 10.5 Å². The Morgan fingerprint density at radius 2 is 1.03 bits per heavy atom. The number of unbranched alkanes of at least 4 members (excludes halogenated alkanes) is 21. The van der Waals surface area contributed by atoms with Gasteiger partial charge in [-0.3, -0.25) is 14.4 Å². The molecule has 384 valence electrons. The van der Waals surface area contributed by atoms with Gasteiger partial charge in [-0.1, -0.05) is 140 Å². The van der Waals surface area contributed by atoms with Crippen LogP contribution in [0.5, 0.6) is 0 Å². The van der Waals surface area contributed by atoms with Crippen molar-refractivity contribution >= 4 is 17.8 Å². The lowest BCUT2D eigenvalue weighted by Gasteiger charge is -2.36. The average molecular weight is 927 g/mol. The Labute approximate surface area is 408 Å². The molecule has 0 saturated carbocycles. The fourth-order valence-electron chi connectivity index (χ4n) is 8.80. The molecular formula is C57H107N5O4. The molecule has 0 aromatic rings. The van der Waals surface area contributed by atoms with E-state index in [1.54, 1.807) is 0 Å². The molecule has 0 aliphatic carbocycles. The van der Waals surface area contributed by atoms with Gasteiger partial charge in [-0.15, -0.1) is 0 Å². The second kappa shape index (κ2) is 43.8. The molecule has 0 spiro atoms. The number of piperazine rings is 1. The van der Waals surface area contributed by atoms with E-state index in [0.29, 0.717) is 32.4 Å². The molecule has 0 aromatic heterocycles. The van der Waals surface area contributed by atoms with Crippen molar-refractivity contribution in [2.45, 2.75) is 252 Å². The molecule has 0 radical (unpaired) electrons. The fourth-order valence-corrected chi connectivity index (χ4v) is 8.80. The quantitative estimate of drug-likeness (QED) is 0.0356. The number of nitrogens with zero attached hydrogens (tertiary/aromatic N) is 3. The molecule has 1 aliphatic heterocycles. The van der Waals surface area contributed by atoms with Gasteiger partial charge in [0.2, 0.25) is 11.8 Å². The fraction of sp³-hybridized carbons (Fsp3) is 0.842. The van der Waals surface area contributed by atoms with Gasteiger partial charge >= 0.3 is 5.97 Å². The number of amides is 2. The van der Waals surface area contributed by atoms with Crippen LogP contribution in [0, 0.1) is 0 Å². The van der Waals surface area contributed by atoms with Crippen molar-refractivity contribution in [2.24, 2.45) is 5.73 Å². The van der Waals surface area contributed by atoms with Crippen LogP contribution in [0.15, 0.2) is 36.5 Å². The van der Waals surface area contributed by atoms with Crippen LogP contribution in [0.1, 0.15) is 240 Å². The first-order valence-corrected chi connectivity index (χ1v) is 28.0. The Morgan fingerprint density at radius 1 is 0.576 bits per heavy atom. The van der Waals surface area contributed by atoms with Gasteiger partial charge < -0.3 is 30.5 Å². The molecule has 1 aliphatic rings. The van der Waals surface area contributed by atoms with E-state index in [0.717, 1.165) is 123 Å². The number of rotatable bonds is 44. The largest absolute Gasteiger partial charge is 0.466 e. The molecule has 1 unspecified atom stereocenters. The lowest BCUT2D eigenvalue weighted by Crippen LogP contribution is -2.54.